The minimum absolute atomic E-state index is 0.000233. The first-order valence-corrected chi connectivity index (χ1v) is 8.71. The quantitative estimate of drug-likeness (QED) is 0.622. The minimum atomic E-state index is -0.355. The van der Waals surface area contributed by atoms with Gasteiger partial charge in [-0.25, -0.2) is 4.79 Å². The van der Waals surface area contributed by atoms with Gasteiger partial charge in [-0.05, 0) is 38.1 Å². The summed E-state index contributed by atoms with van der Waals surface area (Å²) in [6.07, 6.45) is 0. The Hall–Kier alpha value is -3.22. The van der Waals surface area contributed by atoms with E-state index >= 15 is 0 Å². The Balaban J connectivity index is 1.87. The molecule has 0 spiro atoms. The maximum Gasteiger partial charge on any atom is 0.319 e. The van der Waals surface area contributed by atoms with Gasteiger partial charge in [0.05, 0.1) is 24.9 Å². The molecule has 0 atom stereocenters. The van der Waals surface area contributed by atoms with Crippen molar-refractivity contribution in [1.29, 1.82) is 0 Å². The first-order chi connectivity index (χ1) is 13.0. The number of nitrogens with one attached hydrogen (secondary N) is 3. The molecule has 2 rings (SSSR count). The van der Waals surface area contributed by atoms with E-state index < -0.39 is 0 Å². The van der Waals surface area contributed by atoms with Crippen LogP contribution >= 0.6 is 0 Å². The molecule has 0 fully saturated rings. The summed E-state index contributed by atoms with van der Waals surface area (Å²) in [5.74, 6) is 1.08. The lowest BCUT2D eigenvalue weighted by molar-refractivity contribution is 0.0948. The summed E-state index contributed by atoms with van der Waals surface area (Å²) in [6, 6.07) is 13.7. The van der Waals surface area contributed by atoms with Crippen LogP contribution in [0.15, 0.2) is 48.5 Å². The lowest BCUT2D eigenvalue weighted by atomic mass is 10.1. The van der Waals surface area contributed by atoms with Crippen molar-refractivity contribution in [2.75, 3.05) is 25.6 Å². The highest BCUT2D eigenvalue weighted by molar-refractivity contribution is 6.03. The summed E-state index contributed by atoms with van der Waals surface area (Å²) < 4.78 is 10.7. The largest absolute Gasteiger partial charge is 0.497 e. The highest BCUT2D eigenvalue weighted by Crippen LogP contribution is 2.18. The van der Waals surface area contributed by atoms with E-state index in [-0.39, 0.29) is 18.0 Å². The molecule has 0 unspecified atom stereocenters. The molecule has 0 aliphatic rings. The number of carbonyl (C=O) groups excluding carboxylic acids is 2. The first-order valence-electron chi connectivity index (χ1n) is 8.71. The fraction of sp³-hybridized carbons (Fsp3) is 0.300. The Kier molecular flexibility index (Phi) is 7.49. The molecule has 0 saturated heterocycles. The molecule has 0 bridgehead atoms. The molecule has 3 amide bonds. The average Bonchev–Trinajstić information content (AvgIpc) is 2.65. The van der Waals surface area contributed by atoms with E-state index in [1.807, 2.05) is 32.0 Å². The molecule has 144 valence electrons. The summed E-state index contributed by atoms with van der Waals surface area (Å²) in [4.78, 5) is 24.3. The Morgan fingerprint density at radius 1 is 1.04 bits per heavy atom. The van der Waals surface area contributed by atoms with Crippen LogP contribution in [0.5, 0.6) is 11.5 Å². The molecule has 0 radical (unpaired) electrons. The van der Waals surface area contributed by atoms with Gasteiger partial charge in [0, 0.05) is 12.1 Å². The smallest absolute Gasteiger partial charge is 0.319 e. The number of amides is 3. The van der Waals surface area contributed by atoms with Crippen molar-refractivity contribution >= 4 is 17.6 Å². The lowest BCUT2D eigenvalue weighted by Crippen LogP contribution is -2.35. The van der Waals surface area contributed by atoms with E-state index in [0.717, 1.165) is 0 Å². The number of methoxy groups -OCH3 is 1. The molecule has 0 aromatic heterocycles. The van der Waals surface area contributed by atoms with Gasteiger partial charge in [0.25, 0.3) is 5.91 Å². The Morgan fingerprint density at radius 2 is 1.78 bits per heavy atom. The summed E-state index contributed by atoms with van der Waals surface area (Å²) in [6.45, 7) is 4.35. The van der Waals surface area contributed by atoms with Crippen molar-refractivity contribution in [2.24, 2.45) is 0 Å². The normalized spacial score (nSPS) is 10.2. The van der Waals surface area contributed by atoms with Gasteiger partial charge >= 0.3 is 6.03 Å². The molecule has 7 heteroatoms. The molecule has 3 N–H and O–H groups in total. The van der Waals surface area contributed by atoms with Gasteiger partial charge in [-0.1, -0.05) is 18.2 Å². The standard InChI is InChI=1S/C20H25N3O4/c1-14(2)22-20(25)23-18-10-5-4-9-17(18)19(24)21-11-12-27-16-8-6-7-15(13-16)26-3/h4-10,13-14H,11-12H2,1-3H3,(H,21,24)(H2,22,23,25). The van der Waals surface area contributed by atoms with Gasteiger partial charge in [0.1, 0.15) is 18.1 Å². The number of hydrogen-bond acceptors (Lipinski definition) is 4. The van der Waals surface area contributed by atoms with Crippen LogP contribution in [0.4, 0.5) is 10.5 Å². The van der Waals surface area contributed by atoms with Crippen molar-refractivity contribution in [3.63, 3.8) is 0 Å². The molecule has 2 aromatic carbocycles. The molecule has 0 aliphatic heterocycles. The number of urea groups is 1. The van der Waals surface area contributed by atoms with E-state index in [9.17, 15) is 9.59 Å². The highest BCUT2D eigenvalue weighted by Gasteiger charge is 2.13. The van der Waals surface area contributed by atoms with Gasteiger partial charge in [0.2, 0.25) is 0 Å². The third kappa shape index (κ3) is 6.54. The molecule has 0 aliphatic carbocycles. The zero-order valence-corrected chi connectivity index (χ0v) is 15.7. The van der Waals surface area contributed by atoms with Crippen molar-refractivity contribution in [3.8, 4) is 11.5 Å². The number of anilines is 1. The van der Waals surface area contributed by atoms with Gasteiger partial charge in [-0.15, -0.1) is 0 Å². The van der Waals surface area contributed by atoms with Crippen molar-refractivity contribution < 1.29 is 19.1 Å². The minimum Gasteiger partial charge on any atom is -0.497 e. The summed E-state index contributed by atoms with van der Waals surface area (Å²) in [5, 5.41) is 8.21. The first kappa shape index (κ1) is 20.1. The van der Waals surface area contributed by atoms with E-state index in [0.29, 0.717) is 35.9 Å². The van der Waals surface area contributed by atoms with Gasteiger partial charge in [-0.2, -0.15) is 0 Å². The topological polar surface area (TPSA) is 88.7 Å². The van der Waals surface area contributed by atoms with Gasteiger partial charge in [0.15, 0.2) is 0 Å². The predicted octanol–water partition coefficient (Wildman–Crippen LogP) is 3.03. The van der Waals surface area contributed by atoms with Crippen LogP contribution in [-0.2, 0) is 0 Å². The molecule has 7 nitrogen and oxygen atoms in total. The van der Waals surface area contributed by atoms with Gasteiger partial charge in [-0.3, -0.25) is 4.79 Å². The maximum atomic E-state index is 12.4. The summed E-state index contributed by atoms with van der Waals surface area (Å²) in [5.41, 5.74) is 0.833. The SMILES string of the molecule is COc1cccc(OCCNC(=O)c2ccccc2NC(=O)NC(C)C)c1. The van der Waals surface area contributed by atoms with Crippen LogP contribution in [-0.4, -0.2) is 38.2 Å². The number of hydrogen-bond donors (Lipinski definition) is 3. The van der Waals surface area contributed by atoms with Crippen molar-refractivity contribution in [2.45, 2.75) is 19.9 Å². The Morgan fingerprint density at radius 3 is 2.52 bits per heavy atom. The fourth-order valence-electron chi connectivity index (χ4n) is 2.33. The van der Waals surface area contributed by atoms with Crippen LogP contribution in [0.2, 0.25) is 0 Å². The van der Waals surface area contributed by atoms with Crippen LogP contribution in [0.25, 0.3) is 0 Å². The zero-order valence-electron chi connectivity index (χ0n) is 15.7. The second-order valence-electron chi connectivity index (χ2n) is 6.08. The fourth-order valence-corrected chi connectivity index (χ4v) is 2.33. The molecular formula is C20H25N3O4. The molecule has 0 saturated carbocycles. The predicted molar refractivity (Wildman–Crippen MR) is 105 cm³/mol. The average molecular weight is 371 g/mol. The van der Waals surface area contributed by atoms with Crippen LogP contribution in [0, 0.1) is 0 Å². The highest BCUT2D eigenvalue weighted by atomic mass is 16.5. The molecule has 0 heterocycles. The second kappa shape index (κ2) is 10.1. The van der Waals surface area contributed by atoms with Crippen LogP contribution < -0.4 is 25.4 Å². The number of ether oxygens (including phenoxy) is 2. The second-order valence-corrected chi connectivity index (χ2v) is 6.08. The van der Waals surface area contributed by atoms with Crippen LogP contribution in [0.3, 0.4) is 0 Å². The van der Waals surface area contributed by atoms with Crippen LogP contribution in [0.1, 0.15) is 24.2 Å². The van der Waals surface area contributed by atoms with E-state index in [2.05, 4.69) is 16.0 Å². The van der Waals surface area contributed by atoms with E-state index in [1.54, 1.807) is 37.4 Å². The zero-order chi connectivity index (χ0) is 19.6. The number of rotatable bonds is 8. The monoisotopic (exact) mass is 371 g/mol. The maximum absolute atomic E-state index is 12.4. The summed E-state index contributed by atoms with van der Waals surface area (Å²) >= 11 is 0. The number of carbonyl (C=O) groups is 2. The number of para-hydroxylation sites is 1. The van der Waals surface area contributed by atoms with E-state index in [4.69, 9.17) is 9.47 Å². The molecule has 27 heavy (non-hydrogen) atoms. The van der Waals surface area contributed by atoms with Crippen molar-refractivity contribution in [3.05, 3.63) is 54.1 Å². The third-order valence-corrected chi connectivity index (χ3v) is 3.54. The lowest BCUT2D eigenvalue weighted by Gasteiger charge is -2.14. The summed E-state index contributed by atoms with van der Waals surface area (Å²) in [7, 11) is 1.59. The Labute approximate surface area is 159 Å². The number of benzene rings is 2. The third-order valence-electron chi connectivity index (χ3n) is 3.54. The van der Waals surface area contributed by atoms with Crippen molar-refractivity contribution in [1.82, 2.24) is 10.6 Å². The van der Waals surface area contributed by atoms with E-state index in [1.165, 1.54) is 0 Å². The Bertz CT molecular complexity index is 777. The molecule has 2 aromatic rings. The molecular weight excluding hydrogens is 346 g/mol. The van der Waals surface area contributed by atoms with Gasteiger partial charge < -0.3 is 25.4 Å².